The summed E-state index contributed by atoms with van der Waals surface area (Å²) in [6.45, 7) is 1.63. The number of hydrogen-bond acceptors (Lipinski definition) is 3. The molecule has 1 aliphatic heterocycles. The largest absolute Gasteiger partial charge is 0.355 e. The van der Waals surface area contributed by atoms with Crippen molar-refractivity contribution in [2.24, 2.45) is 5.92 Å². The van der Waals surface area contributed by atoms with Gasteiger partial charge in [-0.15, -0.1) is 0 Å². The monoisotopic (exact) mass is 355 g/mol. The van der Waals surface area contributed by atoms with E-state index in [1.54, 1.807) is 11.1 Å². The SMILES string of the molecule is O=C(NCCc1ccccn1)C1CCN(C(=O)c2ccc(F)cc2)CC1. The molecule has 0 saturated carbocycles. The van der Waals surface area contributed by atoms with Crippen LogP contribution in [0.25, 0.3) is 0 Å². The van der Waals surface area contributed by atoms with Gasteiger partial charge in [0.1, 0.15) is 5.82 Å². The molecule has 2 amide bonds. The molecule has 0 spiro atoms. The lowest BCUT2D eigenvalue weighted by Gasteiger charge is -2.31. The number of nitrogens with one attached hydrogen (secondary N) is 1. The Balaban J connectivity index is 1.43. The van der Waals surface area contributed by atoms with E-state index in [1.807, 2.05) is 18.2 Å². The van der Waals surface area contributed by atoms with Gasteiger partial charge in [0.05, 0.1) is 0 Å². The Morgan fingerprint density at radius 3 is 2.50 bits per heavy atom. The van der Waals surface area contributed by atoms with Crippen molar-refractivity contribution in [3.63, 3.8) is 0 Å². The van der Waals surface area contributed by atoms with Crippen molar-refractivity contribution in [3.05, 3.63) is 65.7 Å². The molecule has 136 valence electrons. The third kappa shape index (κ3) is 4.65. The van der Waals surface area contributed by atoms with Crippen molar-refractivity contribution in [1.29, 1.82) is 0 Å². The molecule has 1 aromatic carbocycles. The fourth-order valence-electron chi connectivity index (χ4n) is 3.12. The number of rotatable bonds is 5. The summed E-state index contributed by atoms with van der Waals surface area (Å²) in [4.78, 5) is 30.7. The quantitative estimate of drug-likeness (QED) is 0.896. The highest BCUT2D eigenvalue weighted by Gasteiger charge is 2.27. The molecule has 3 rings (SSSR count). The normalized spacial score (nSPS) is 14.9. The summed E-state index contributed by atoms with van der Waals surface area (Å²) >= 11 is 0. The van der Waals surface area contributed by atoms with Crippen LogP contribution < -0.4 is 5.32 Å². The highest BCUT2D eigenvalue weighted by molar-refractivity contribution is 5.94. The van der Waals surface area contributed by atoms with Gasteiger partial charge in [-0.3, -0.25) is 14.6 Å². The van der Waals surface area contributed by atoms with Gasteiger partial charge in [-0.2, -0.15) is 0 Å². The predicted octanol–water partition coefficient (Wildman–Crippen LogP) is 2.43. The molecule has 1 aromatic heterocycles. The fourth-order valence-corrected chi connectivity index (χ4v) is 3.12. The summed E-state index contributed by atoms with van der Waals surface area (Å²) in [7, 11) is 0. The lowest BCUT2D eigenvalue weighted by Crippen LogP contribution is -2.43. The van der Waals surface area contributed by atoms with Gasteiger partial charge in [-0.05, 0) is 49.2 Å². The minimum absolute atomic E-state index is 0.0369. The minimum Gasteiger partial charge on any atom is -0.355 e. The Hall–Kier alpha value is -2.76. The molecular formula is C20H22FN3O2. The van der Waals surface area contributed by atoms with Gasteiger partial charge in [-0.25, -0.2) is 4.39 Å². The number of piperidine rings is 1. The van der Waals surface area contributed by atoms with Gasteiger partial charge < -0.3 is 10.2 Å². The molecule has 2 aromatic rings. The number of halogens is 1. The second-order valence-corrected chi connectivity index (χ2v) is 6.44. The maximum absolute atomic E-state index is 13.0. The zero-order chi connectivity index (χ0) is 18.4. The number of likely N-dealkylation sites (tertiary alicyclic amines) is 1. The number of carbonyl (C=O) groups excluding carboxylic acids is 2. The molecule has 0 bridgehead atoms. The maximum atomic E-state index is 13.0. The van der Waals surface area contributed by atoms with E-state index in [4.69, 9.17) is 0 Å². The van der Waals surface area contributed by atoms with E-state index in [0.29, 0.717) is 44.5 Å². The summed E-state index contributed by atoms with van der Waals surface area (Å²) in [5.41, 5.74) is 1.43. The van der Waals surface area contributed by atoms with Gasteiger partial charge in [-0.1, -0.05) is 6.07 Å². The predicted molar refractivity (Wildman–Crippen MR) is 96.0 cm³/mol. The average Bonchev–Trinajstić information content (AvgIpc) is 2.69. The van der Waals surface area contributed by atoms with E-state index in [9.17, 15) is 14.0 Å². The van der Waals surface area contributed by atoms with Crippen LogP contribution in [0.2, 0.25) is 0 Å². The van der Waals surface area contributed by atoms with E-state index < -0.39 is 0 Å². The van der Waals surface area contributed by atoms with Gasteiger partial charge in [0.15, 0.2) is 0 Å². The molecule has 1 saturated heterocycles. The molecule has 1 N–H and O–H groups in total. The first-order valence-corrected chi connectivity index (χ1v) is 8.86. The summed E-state index contributed by atoms with van der Waals surface area (Å²) in [6, 6.07) is 11.3. The molecule has 0 aliphatic carbocycles. The zero-order valence-electron chi connectivity index (χ0n) is 14.5. The molecule has 26 heavy (non-hydrogen) atoms. The van der Waals surface area contributed by atoms with Crippen molar-refractivity contribution < 1.29 is 14.0 Å². The van der Waals surface area contributed by atoms with E-state index >= 15 is 0 Å². The fraction of sp³-hybridized carbons (Fsp3) is 0.350. The molecule has 6 heteroatoms. The van der Waals surface area contributed by atoms with Crippen LogP contribution in [0.5, 0.6) is 0 Å². The molecule has 0 unspecified atom stereocenters. The number of carbonyl (C=O) groups is 2. The van der Waals surface area contributed by atoms with Crippen LogP contribution in [-0.4, -0.2) is 41.3 Å². The lowest BCUT2D eigenvalue weighted by atomic mass is 9.95. The van der Waals surface area contributed by atoms with Crippen LogP contribution in [0.1, 0.15) is 28.9 Å². The smallest absolute Gasteiger partial charge is 0.253 e. The number of benzene rings is 1. The van der Waals surface area contributed by atoms with Crippen molar-refractivity contribution in [3.8, 4) is 0 Å². The molecule has 1 fully saturated rings. The average molecular weight is 355 g/mol. The van der Waals surface area contributed by atoms with Crippen LogP contribution in [0, 0.1) is 11.7 Å². The maximum Gasteiger partial charge on any atom is 0.253 e. The van der Waals surface area contributed by atoms with Crippen molar-refractivity contribution >= 4 is 11.8 Å². The van der Waals surface area contributed by atoms with E-state index in [2.05, 4.69) is 10.3 Å². The summed E-state index contributed by atoms with van der Waals surface area (Å²) < 4.78 is 13.0. The molecule has 2 heterocycles. The first-order valence-electron chi connectivity index (χ1n) is 8.86. The van der Waals surface area contributed by atoms with E-state index in [1.165, 1.54) is 24.3 Å². The second kappa shape index (κ2) is 8.56. The van der Waals surface area contributed by atoms with Crippen LogP contribution in [0.3, 0.4) is 0 Å². The molecule has 1 aliphatic rings. The Morgan fingerprint density at radius 1 is 1.12 bits per heavy atom. The first kappa shape index (κ1) is 18.0. The lowest BCUT2D eigenvalue weighted by molar-refractivity contribution is -0.126. The van der Waals surface area contributed by atoms with Crippen LogP contribution in [0.15, 0.2) is 48.7 Å². The molecular weight excluding hydrogens is 333 g/mol. The molecule has 0 atom stereocenters. The van der Waals surface area contributed by atoms with E-state index in [0.717, 1.165) is 5.69 Å². The van der Waals surface area contributed by atoms with Crippen LogP contribution in [0.4, 0.5) is 4.39 Å². The van der Waals surface area contributed by atoms with Crippen LogP contribution in [-0.2, 0) is 11.2 Å². The van der Waals surface area contributed by atoms with Crippen molar-refractivity contribution in [1.82, 2.24) is 15.2 Å². The topological polar surface area (TPSA) is 62.3 Å². The van der Waals surface area contributed by atoms with Gasteiger partial charge in [0.2, 0.25) is 5.91 Å². The number of hydrogen-bond donors (Lipinski definition) is 1. The van der Waals surface area contributed by atoms with Crippen molar-refractivity contribution in [2.45, 2.75) is 19.3 Å². The number of aromatic nitrogens is 1. The minimum atomic E-state index is -0.359. The highest BCUT2D eigenvalue weighted by atomic mass is 19.1. The zero-order valence-corrected chi connectivity index (χ0v) is 14.5. The standard InChI is InChI=1S/C20H22FN3O2/c21-17-6-4-16(5-7-17)20(26)24-13-9-15(10-14-24)19(25)23-12-8-18-3-1-2-11-22-18/h1-7,11,15H,8-10,12-14H2,(H,23,25). The summed E-state index contributed by atoms with van der Waals surface area (Å²) in [5, 5.41) is 2.96. The molecule has 5 nitrogen and oxygen atoms in total. The highest BCUT2D eigenvalue weighted by Crippen LogP contribution is 2.19. The van der Waals surface area contributed by atoms with Gasteiger partial charge in [0.25, 0.3) is 5.91 Å². The first-order chi connectivity index (χ1) is 12.6. The number of amides is 2. The summed E-state index contributed by atoms with van der Waals surface area (Å²) in [6.07, 6.45) is 3.73. The second-order valence-electron chi connectivity index (χ2n) is 6.44. The third-order valence-corrected chi connectivity index (χ3v) is 4.65. The summed E-state index contributed by atoms with van der Waals surface area (Å²) in [5.74, 6) is -0.507. The van der Waals surface area contributed by atoms with Crippen molar-refractivity contribution in [2.75, 3.05) is 19.6 Å². The molecule has 0 radical (unpaired) electrons. The number of nitrogens with zero attached hydrogens (tertiary/aromatic N) is 2. The van der Waals surface area contributed by atoms with Gasteiger partial charge >= 0.3 is 0 Å². The number of pyridine rings is 1. The van der Waals surface area contributed by atoms with Gasteiger partial charge in [0, 0.05) is 49.4 Å². The van der Waals surface area contributed by atoms with E-state index in [-0.39, 0.29) is 23.5 Å². The Morgan fingerprint density at radius 2 is 1.85 bits per heavy atom. The third-order valence-electron chi connectivity index (χ3n) is 4.65. The Bertz CT molecular complexity index is 741. The Kier molecular flexibility index (Phi) is 5.94. The Labute approximate surface area is 152 Å². The van der Waals surface area contributed by atoms with Crippen LogP contribution >= 0.6 is 0 Å².